The maximum atomic E-state index is 12.6. The fourth-order valence-electron chi connectivity index (χ4n) is 2.04. The Bertz CT molecular complexity index is 647. The smallest absolute Gasteiger partial charge is 0.333 e. The van der Waals surface area contributed by atoms with Crippen LogP contribution >= 0.6 is 0 Å². The first kappa shape index (κ1) is 15.1. The van der Waals surface area contributed by atoms with Crippen molar-refractivity contribution >= 4 is 5.91 Å². The lowest BCUT2D eigenvalue weighted by molar-refractivity contribution is 0.0538. The Morgan fingerprint density at radius 1 is 1.43 bits per heavy atom. The van der Waals surface area contributed by atoms with Crippen LogP contribution in [0.15, 0.2) is 12.3 Å². The number of amides is 1. The molecule has 2 heterocycles. The third-order valence-electron chi connectivity index (χ3n) is 3.28. The summed E-state index contributed by atoms with van der Waals surface area (Å²) in [5.74, 6) is -0.485. The van der Waals surface area contributed by atoms with Crippen LogP contribution in [-0.4, -0.2) is 25.5 Å². The van der Waals surface area contributed by atoms with Gasteiger partial charge in [0.1, 0.15) is 0 Å². The van der Waals surface area contributed by atoms with E-state index in [1.807, 2.05) is 18.5 Å². The second-order valence-electron chi connectivity index (χ2n) is 4.65. The van der Waals surface area contributed by atoms with E-state index in [1.54, 1.807) is 6.20 Å². The molecule has 0 aliphatic rings. The highest BCUT2D eigenvalue weighted by atomic mass is 19.3. The molecular weight excluding hydrogens is 280 g/mol. The minimum atomic E-state index is -2.75. The number of nitrogens with one attached hydrogen (secondary N) is 1. The number of nitrogens with zero attached hydrogens (tertiary/aromatic N) is 4. The van der Waals surface area contributed by atoms with Crippen molar-refractivity contribution in [3.8, 4) is 0 Å². The highest BCUT2D eigenvalue weighted by Gasteiger charge is 2.17. The van der Waals surface area contributed by atoms with Crippen LogP contribution in [0.3, 0.4) is 0 Å². The molecule has 21 heavy (non-hydrogen) atoms. The number of aromatic nitrogens is 4. The Morgan fingerprint density at radius 3 is 2.67 bits per heavy atom. The van der Waals surface area contributed by atoms with Crippen LogP contribution in [-0.2, 0) is 13.1 Å². The standard InChI is InChI=1S/C13H17F2N5O/c1-4-19-9(3)10(7-17-19)6-16-12(21)11-5-8(2)20(18-11)13(14)15/h5,7,13H,4,6H2,1-3H3,(H,16,21). The van der Waals surface area contributed by atoms with Crippen LogP contribution in [0.4, 0.5) is 8.78 Å². The van der Waals surface area contributed by atoms with Gasteiger partial charge in [-0.3, -0.25) is 9.48 Å². The molecule has 0 unspecified atom stereocenters. The first-order valence-corrected chi connectivity index (χ1v) is 6.57. The van der Waals surface area contributed by atoms with Crippen LogP contribution in [0.2, 0.25) is 0 Å². The maximum Gasteiger partial charge on any atom is 0.333 e. The van der Waals surface area contributed by atoms with Gasteiger partial charge in [-0.1, -0.05) is 0 Å². The molecule has 2 aromatic rings. The second-order valence-corrected chi connectivity index (χ2v) is 4.65. The van der Waals surface area contributed by atoms with Crippen LogP contribution in [0.25, 0.3) is 0 Å². The average molecular weight is 297 g/mol. The fourth-order valence-corrected chi connectivity index (χ4v) is 2.04. The van der Waals surface area contributed by atoms with Crippen molar-refractivity contribution < 1.29 is 13.6 Å². The predicted molar refractivity (Wildman–Crippen MR) is 72.0 cm³/mol. The van der Waals surface area contributed by atoms with Crippen molar-refractivity contribution in [2.24, 2.45) is 0 Å². The lowest BCUT2D eigenvalue weighted by Crippen LogP contribution is -2.23. The summed E-state index contributed by atoms with van der Waals surface area (Å²) in [6.07, 6.45) is 1.68. The Kier molecular flexibility index (Phi) is 4.35. The maximum absolute atomic E-state index is 12.6. The van der Waals surface area contributed by atoms with Gasteiger partial charge in [-0.15, -0.1) is 0 Å². The van der Waals surface area contributed by atoms with Gasteiger partial charge >= 0.3 is 6.55 Å². The van der Waals surface area contributed by atoms with Crippen molar-refractivity contribution in [1.82, 2.24) is 24.9 Å². The zero-order valence-electron chi connectivity index (χ0n) is 12.1. The molecule has 0 fully saturated rings. The molecule has 2 rings (SSSR count). The highest BCUT2D eigenvalue weighted by Crippen LogP contribution is 2.14. The van der Waals surface area contributed by atoms with E-state index in [0.29, 0.717) is 4.68 Å². The van der Waals surface area contributed by atoms with Crippen molar-refractivity contribution in [1.29, 1.82) is 0 Å². The van der Waals surface area contributed by atoms with E-state index in [-0.39, 0.29) is 17.9 Å². The van der Waals surface area contributed by atoms with Gasteiger partial charge in [0.15, 0.2) is 5.69 Å². The average Bonchev–Trinajstić information content (AvgIpc) is 2.99. The van der Waals surface area contributed by atoms with E-state index in [1.165, 1.54) is 13.0 Å². The molecule has 0 aromatic carbocycles. The Hall–Kier alpha value is -2.25. The quantitative estimate of drug-likeness (QED) is 0.918. The van der Waals surface area contributed by atoms with Gasteiger partial charge in [-0.2, -0.15) is 19.0 Å². The lowest BCUT2D eigenvalue weighted by Gasteiger charge is -2.04. The van der Waals surface area contributed by atoms with E-state index in [0.717, 1.165) is 17.8 Å². The number of carbonyl (C=O) groups is 1. The Morgan fingerprint density at radius 2 is 2.14 bits per heavy atom. The van der Waals surface area contributed by atoms with E-state index in [9.17, 15) is 13.6 Å². The molecule has 0 saturated heterocycles. The first-order chi connectivity index (χ1) is 9.93. The Balaban J connectivity index is 2.04. The summed E-state index contributed by atoms with van der Waals surface area (Å²) < 4.78 is 27.6. The number of hydrogen-bond acceptors (Lipinski definition) is 3. The normalized spacial score (nSPS) is 11.1. The van der Waals surface area contributed by atoms with Crippen molar-refractivity contribution in [3.63, 3.8) is 0 Å². The molecule has 0 spiro atoms. The summed E-state index contributed by atoms with van der Waals surface area (Å²) in [5, 5.41) is 10.4. The van der Waals surface area contributed by atoms with Crippen LogP contribution in [0, 0.1) is 13.8 Å². The summed E-state index contributed by atoms with van der Waals surface area (Å²) in [6.45, 7) is 3.64. The van der Waals surface area contributed by atoms with Crippen LogP contribution in [0.1, 0.15) is 40.9 Å². The predicted octanol–water partition coefficient (Wildman–Crippen LogP) is 2.04. The molecule has 0 aliphatic carbocycles. The van der Waals surface area contributed by atoms with E-state index in [2.05, 4.69) is 15.5 Å². The molecule has 114 valence electrons. The molecule has 8 heteroatoms. The van der Waals surface area contributed by atoms with Gasteiger partial charge in [-0.25, -0.2) is 4.68 Å². The number of halogens is 2. The number of aryl methyl sites for hydroxylation is 2. The van der Waals surface area contributed by atoms with Crippen molar-refractivity contribution in [2.75, 3.05) is 0 Å². The van der Waals surface area contributed by atoms with Gasteiger partial charge in [0, 0.05) is 30.0 Å². The van der Waals surface area contributed by atoms with Crippen molar-refractivity contribution in [3.05, 3.63) is 34.9 Å². The lowest BCUT2D eigenvalue weighted by atomic mass is 10.2. The SMILES string of the molecule is CCn1ncc(CNC(=O)c2cc(C)n(C(F)F)n2)c1C. The van der Waals surface area contributed by atoms with Crippen LogP contribution < -0.4 is 5.32 Å². The topological polar surface area (TPSA) is 64.7 Å². The summed E-state index contributed by atoms with van der Waals surface area (Å²) in [7, 11) is 0. The number of rotatable bonds is 5. The molecular formula is C13H17F2N5O. The summed E-state index contributed by atoms with van der Waals surface area (Å²) in [5.41, 5.74) is 2.07. The largest absolute Gasteiger partial charge is 0.346 e. The Labute approximate surface area is 120 Å². The van der Waals surface area contributed by atoms with E-state index in [4.69, 9.17) is 0 Å². The number of alkyl halides is 2. The summed E-state index contributed by atoms with van der Waals surface area (Å²) >= 11 is 0. The monoisotopic (exact) mass is 297 g/mol. The first-order valence-electron chi connectivity index (χ1n) is 6.57. The molecule has 6 nitrogen and oxygen atoms in total. The molecule has 0 aliphatic heterocycles. The molecule has 0 bridgehead atoms. The molecule has 0 atom stereocenters. The fraction of sp³-hybridized carbons (Fsp3) is 0.462. The minimum Gasteiger partial charge on any atom is -0.346 e. The zero-order chi connectivity index (χ0) is 15.6. The third kappa shape index (κ3) is 3.09. The minimum absolute atomic E-state index is 0.0201. The van der Waals surface area contributed by atoms with E-state index >= 15 is 0 Å². The molecule has 0 radical (unpaired) electrons. The van der Waals surface area contributed by atoms with Gasteiger partial charge in [0.2, 0.25) is 0 Å². The molecule has 2 aromatic heterocycles. The second kappa shape index (κ2) is 6.02. The van der Waals surface area contributed by atoms with Gasteiger partial charge in [-0.05, 0) is 26.8 Å². The van der Waals surface area contributed by atoms with Crippen LogP contribution in [0.5, 0.6) is 0 Å². The van der Waals surface area contributed by atoms with Gasteiger partial charge in [0.25, 0.3) is 5.91 Å². The van der Waals surface area contributed by atoms with E-state index < -0.39 is 12.5 Å². The third-order valence-corrected chi connectivity index (χ3v) is 3.28. The number of hydrogen-bond donors (Lipinski definition) is 1. The molecule has 1 N–H and O–H groups in total. The zero-order valence-corrected chi connectivity index (χ0v) is 12.1. The van der Waals surface area contributed by atoms with Gasteiger partial charge < -0.3 is 5.32 Å². The summed E-state index contributed by atoms with van der Waals surface area (Å²) in [6, 6.07) is 1.34. The molecule has 0 saturated carbocycles. The van der Waals surface area contributed by atoms with Crippen molar-refractivity contribution in [2.45, 2.75) is 40.4 Å². The highest BCUT2D eigenvalue weighted by molar-refractivity contribution is 5.92. The summed E-state index contributed by atoms with van der Waals surface area (Å²) in [4.78, 5) is 11.9. The van der Waals surface area contributed by atoms with Gasteiger partial charge in [0.05, 0.1) is 6.20 Å². The number of carbonyl (C=O) groups excluding carboxylic acids is 1. The molecule has 1 amide bonds.